The molecular formula is C16H20FN. The molecule has 0 saturated heterocycles. The van der Waals surface area contributed by atoms with Gasteiger partial charge in [0, 0.05) is 6.04 Å². The molecule has 0 bridgehead atoms. The van der Waals surface area contributed by atoms with Crippen LogP contribution in [-0.2, 0) is 6.42 Å². The van der Waals surface area contributed by atoms with Gasteiger partial charge in [-0.1, -0.05) is 23.3 Å². The van der Waals surface area contributed by atoms with Crippen molar-refractivity contribution in [3.63, 3.8) is 0 Å². The Kier molecular flexibility index (Phi) is 3.46. The Bertz CT molecular complexity index is 460. The van der Waals surface area contributed by atoms with Crippen molar-refractivity contribution in [2.24, 2.45) is 0 Å². The molecule has 1 N–H and O–H groups in total. The summed E-state index contributed by atoms with van der Waals surface area (Å²) in [6, 6.07) is 7.46. The van der Waals surface area contributed by atoms with Crippen molar-refractivity contribution >= 4 is 0 Å². The Morgan fingerprint density at radius 2 is 2.06 bits per heavy atom. The van der Waals surface area contributed by atoms with Gasteiger partial charge in [0.25, 0.3) is 0 Å². The molecule has 0 saturated carbocycles. The monoisotopic (exact) mass is 245 g/mol. The minimum absolute atomic E-state index is 0.124. The summed E-state index contributed by atoms with van der Waals surface area (Å²) in [4.78, 5) is 0. The van der Waals surface area contributed by atoms with Crippen molar-refractivity contribution in [1.29, 1.82) is 0 Å². The highest BCUT2D eigenvalue weighted by molar-refractivity contribution is 5.29. The average molecular weight is 245 g/mol. The first kappa shape index (κ1) is 11.9. The van der Waals surface area contributed by atoms with E-state index in [9.17, 15) is 4.39 Å². The zero-order chi connectivity index (χ0) is 12.4. The van der Waals surface area contributed by atoms with Gasteiger partial charge in [0.1, 0.15) is 5.82 Å². The van der Waals surface area contributed by atoms with Gasteiger partial charge >= 0.3 is 0 Å². The number of benzene rings is 1. The lowest BCUT2D eigenvalue weighted by atomic mass is 9.81. The fourth-order valence-electron chi connectivity index (χ4n) is 3.31. The van der Waals surface area contributed by atoms with Crippen LogP contribution in [0.1, 0.15) is 37.7 Å². The molecule has 2 heteroatoms. The third-order valence-electron chi connectivity index (χ3n) is 4.20. The number of hydrogen-bond donors (Lipinski definition) is 1. The van der Waals surface area contributed by atoms with Crippen LogP contribution in [0.5, 0.6) is 0 Å². The molecule has 2 aliphatic rings. The molecule has 18 heavy (non-hydrogen) atoms. The van der Waals surface area contributed by atoms with Crippen molar-refractivity contribution in [3.05, 3.63) is 46.8 Å². The van der Waals surface area contributed by atoms with Crippen LogP contribution < -0.4 is 5.32 Å². The van der Waals surface area contributed by atoms with Crippen LogP contribution in [0.3, 0.4) is 0 Å². The standard InChI is InChI=1S/C16H20FN/c17-14-6-3-4-12(10-14)11-16-15-7-2-1-5-13(15)8-9-18-16/h3-4,6,10,16,18H,1-2,5,7-9,11H2. The maximum Gasteiger partial charge on any atom is 0.123 e. The zero-order valence-electron chi connectivity index (χ0n) is 10.7. The van der Waals surface area contributed by atoms with E-state index in [0.29, 0.717) is 6.04 Å². The largest absolute Gasteiger partial charge is 0.310 e. The lowest BCUT2D eigenvalue weighted by Gasteiger charge is -2.33. The summed E-state index contributed by atoms with van der Waals surface area (Å²) in [7, 11) is 0. The number of rotatable bonds is 2. The van der Waals surface area contributed by atoms with Crippen LogP contribution in [0.25, 0.3) is 0 Å². The lowest BCUT2D eigenvalue weighted by Crippen LogP contribution is -2.39. The topological polar surface area (TPSA) is 12.0 Å². The van der Waals surface area contributed by atoms with E-state index in [-0.39, 0.29) is 5.82 Å². The van der Waals surface area contributed by atoms with Crippen LogP contribution in [0.15, 0.2) is 35.4 Å². The van der Waals surface area contributed by atoms with Crippen molar-refractivity contribution in [2.45, 2.75) is 44.6 Å². The molecule has 0 spiro atoms. The van der Waals surface area contributed by atoms with E-state index >= 15 is 0 Å². The molecule has 0 radical (unpaired) electrons. The van der Waals surface area contributed by atoms with Crippen LogP contribution in [0, 0.1) is 5.82 Å². The summed E-state index contributed by atoms with van der Waals surface area (Å²) < 4.78 is 13.2. The van der Waals surface area contributed by atoms with Crippen LogP contribution in [-0.4, -0.2) is 12.6 Å². The highest BCUT2D eigenvalue weighted by Gasteiger charge is 2.24. The summed E-state index contributed by atoms with van der Waals surface area (Å²) in [6.45, 7) is 1.08. The number of hydrogen-bond acceptors (Lipinski definition) is 1. The van der Waals surface area contributed by atoms with E-state index in [4.69, 9.17) is 0 Å². The molecule has 1 atom stereocenters. The molecule has 0 aromatic heterocycles. The van der Waals surface area contributed by atoms with Gasteiger partial charge < -0.3 is 5.32 Å². The quantitative estimate of drug-likeness (QED) is 0.785. The fourth-order valence-corrected chi connectivity index (χ4v) is 3.31. The van der Waals surface area contributed by atoms with E-state index in [1.165, 1.54) is 38.2 Å². The zero-order valence-corrected chi connectivity index (χ0v) is 10.7. The van der Waals surface area contributed by atoms with E-state index in [1.807, 2.05) is 12.1 Å². The predicted molar refractivity (Wildman–Crippen MR) is 72.0 cm³/mol. The molecule has 1 aromatic rings. The molecule has 1 heterocycles. The van der Waals surface area contributed by atoms with Crippen LogP contribution >= 0.6 is 0 Å². The highest BCUT2D eigenvalue weighted by atomic mass is 19.1. The summed E-state index contributed by atoms with van der Waals surface area (Å²) in [6.07, 6.45) is 7.34. The Balaban J connectivity index is 1.79. The van der Waals surface area contributed by atoms with Gasteiger partial charge in [-0.05, 0) is 62.8 Å². The summed E-state index contributed by atoms with van der Waals surface area (Å²) in [5.74, 6) is -0.124. The highest BCUT2D eigenvalue weighted by Crippen LogP contribution is 2.32. The van der Waals surface area contributed by atoms with Crippen molar-refractivity contribution in [1.82, 2.24) is 5.32 Å². The molecule has 1 aliphatic heterocycles. The van der Waals surface area contributed by atoms with Crippen LogP contribution in [0.2, 0.25) is 0 Å². The Labute approximate surface area is 108 Å². The van der Waals surface area contributed by atoms with E-state index in [2.05, 4.69) is 5.32 Å². The van der Waals surface area contributed by atoms with Gasteiger partial charge in [-0.3, -0.25) is 0 Å². The molecule has 96 valence electrons. The van der Waals surface area contributed by atoms with E-state index < -0.39 is 0 Å². The lowest BCUT2D eigenvalue weighted by molar-refractivity contribution is 0.474. The Hall–Kier alpha value is -1.15. The maximum atomic E-state index is 13.2. The van der Waals surface area contributed by atoms with Gasteiger partial charge in [0.2, 0.25) is 0 Å². The van der Waals surface area contributed by atoms with E-state index in [0.717, 1.165) is 18.5 Å². The van der Waals surface area contributed by atoms with Gasteiger partial charge in [-0.25, -0.2) is 4.39 Å². The summed E-state index contributed by atoms with van der Waals surface area (Å²) >= 11 is 0. The molecule has 1 aromatic carbocycles. The molecule has 1 nitrogen and oxygen atoms in total. The van der Waals surface area contributed by atoms with Crippen molar-refractivity contribution in [3.8, 4) is 0 Å². The predicted octanol–water partition coefficient (Wildman–Crippen LogP) is 3.60. The summed E-state index contributed by atoms with van der Waals surface area (Å²) in [5, 5.41) is 3.61. The molecule has 0 fully saturated rings. The van der Waals surface area contributed by atoms with Gasteiger partial charge in [0.15, 0.2) is 0 Å². The first-order valence-electron chi connectivity index (χ1n) is 7.01. The fraction of sp³-hybridized carbons (Fsp3) is 0.500. The number of halogens is 1. The third kappa shape index (κ3) is 2.49. The second-order valence-corrected chi connectivity index (χ2v) is 5.43. The molecular weight excluding hydrogens is 225 g/mol. The van der Waals surface area contributed by atoms with Gasteiger partial charge in [-0.15, -0.1) is 0 Å². The molecule has 3 rings (SSSR count). The third-order valence-corrected chi connectivity index (χ3v) is 4.20. The first-order chi connectivity index (χ1) is 8.83. The maximum absolute atomic E-state index is 13.2. The second kappa shape index (κ2) is 5.23. The minimum atomic E-state index is -0.124. The SMILES string of the molecule is Fc1cccc(CC2NCCC3=C2CCCC3)c1. The van der Waals surface area contributed by atoms with Crippen molar-refractivity contribution < 1.29 is 4.39 Å². The average Bonchev–Trinajstić information content (AvgIpc) is 2.39. The smallest absolute Gasteiger partial charge is 0.123 e. The second-order valence-electron chi connectivity index (χ2n) is 5.43. The summed E-state index contributed by atoms with van der Waals surface area (Å²) in [5.41, 5.74) is 4.41. The first-order valence-corrected chi connectivity index (χ1v) is 7.01. The van der Waals surface area contributed by atoms with Gasteiger partial charge in [0.05, 0.1) is 0 Å². The Morgan fingerprint density at radius 1 is 1.17 bits per heavy atom. The minimum Gasteiger partial charge on any atom is -0.310 e. The van der Waals surface area contributed by atoms with Crippen molar-refractivity contribution in [2.75, 3.05) is 6.54 Å². The molecule has 1 aliphatic carbocycles. The Morgan fingerprint density at radius 3 is 2.94 bits per heavy atom. The van der Waals surface area contributed by atoms with E-state index in [1.54, 1.807) is 17.2 Å². The number of nitrogens with one attached hydrogen (secondary N) is 1. The molecule has 0 amide bonds. The van der Waals surface area contributed by atoms with Crippen LogP contribution in [0.4, 0.5) is 4.39 Å². The normalized spacial score (nSPS) is 23.9. The molecule has 1 unspecified atom stereocenters. The van der Waals surface area contributed by atoms with Gasteiger partial charge in [-0.2, -0.15) is 0 Å².